The maximum atomic E-state index is 13.7. The molecule has 0 aliphatic carbocycles. The molecule has 0 N–H and O–H groups in total. The van der Waals surface area contributed by atoms with Gasteiger partial charge in [-0.05, 0) is 61.6 Å². The van der Waals surface area contributed by atoms with Gasteiger partial charge in [-0.2, -0.15) is 0 Å². The van der Waals surface area contributed by atoms with E-state index in [0.29, 0.717) is 30.1 Å². The lowest BCUT2D eigenvalue weighted by molar-refractivity contribution is 0.0716. The van der Waals surface area contributed by atoms with Crippen LogP contribution in [-0.2, 0) is 13.1 Å². The monoisotopic (exact) mass is 395 g/mol. The molecule has 5 heteroatoms. The first-order valence-electron chi connectivity index (χ1n) is 10.3. The summed E-state index contributed by atoms with van der Waals surface area (Å²) in [4.78, 5) is 19.9. The van der Waals surface area contributed by atoms with Crippen LogP contribution < -0.4 is 0 Å². The van der Waals surface area contributed by atoms with Crippen LogP contribution in [0.4, 0.5) is 4.39 Å². The first-order chi connectivity index (χ1) is 13.8. The SMILES string of the molecule is CCCn1c(CN(CC(C)C)C(=O)c2ccc(C)c(C)c2)nc2cc(F)ccc21. The third-order valence-electron chi connectivity index (χ3n) is 5.20. The Morgan fingerprint density at radius 3 is 2.55 bits per heavy atom. The van der Waals surface area contributed by atoms with E-state index in [2.05, 4.69) is 30.3 Å². The van der Waals surface area contributed by atoms with E-state index in [1.165, 1.54) is 17.7 Å². The van der Waals surface area contributed by atoms with Crippen LogP contribution in [0.1, 0.15) is 54.5 Å². The average molecular weight is 396 g/mol. The smallest absolute Gasteiger partial charge is 0.254 e. The Kier molecular flexibility index (Phi) is 6.36. The van der Waals surface area contributed by atoms with Crippen LogP contribution in [0.25, 0.3) is 11.0 Å². The molecule has 29 heavy (non-hydrogen) atoms. The van der Waals surface area contributed by atoms with Crippen molar-refractivity contribution in [1.29, 1.82) is 0 Å². The van der Waals surface area contributed by atoms with Crippen molar-refractivity contribution >= 4 is 16.9 Å². The number of fused-ring (bicyclic) bond motifs is 1. The van der Waals surface area contributed by atoms with Gasteiger partial charge < -0.3 is 9.47 Å². The predicted octanol–water partition coefficient (Wildman–Crippen LogP) is 5.50. The molecule has 1 heterocycles. The van der Waals surface area contributed by atoms with Gasteiger partial charge in [-0.25, -0.2) is 9.37 Å². The molecule has 4 nitrogen and oxygen atoms in total. The summed E-state index contributed by atoms with van der Waals surface area (Å²) in [6.45, 7) is 12.2. The minimum Gasteiger partial charge on any atom is -0.331 e. The Balaban J connectivity index is 1.99. The highest BCUT2D eigenvalue weighted by molar-refractivity contribution is 5.94. The van der Waals surface area contributed by atoms with Gasteiger partial charge in [0.1, 0.15) is 11.6 Å². The predicted molar refractivity (Wildman–Crippen MR) is 115 cm³/mol. The molecular weight excluding hydrogens is 365 g/mol. The van der Waals surface area contributed by atoms with Crippen molar-refractivity contribution in [1.82, 2.24) is 14.5 Å². The summed E-state index contributed by atoms with van der Waals surface area (Å²) < 4.78 is 15.8. The summed E-state index contributed by atoms with van der Waals surface area (Å²) in [7, 11) is 0. The molecule has 0 spiro atoms. The van der Waals surface area contributed by atoms with E-state index in [9.17, 15) is 9.18 Å². The zero-order valence-corrected chi connectivity index (χ0v) is 18.0. The molecule has 0 unspecified atom stereocenters. The van der Waals surface area contributed by atoms with E-state index in [0.717, 1.165) is 29.9 Å². The number of halogens is 1. The van der Waals surface area contributed by atoms with Crippen molar-refractivity contribution in [2.45, 2.75) is 54.1 Å². The lowest BCUT2D eigenvalue weighted by Gasteiger charge is -2.25. The lowest BCUT2D eigenvalue weighted by Crippen LogP contribution is -2.34. The second-order valence-electron chi connectivity index (χ2n) is 8.19. The third-order valence-corrected chi connectivity index (χ3v) is 5.20. The molecule has 2 aromatic carbocycles. The number of hydrogen-bond acceptors (Lipinski definition) is 2. The zero-order chi connectivity index (χ0) is 21.1. The Hall–Kier alpha value is -2.69. The minimum atomic E-state index is -0.296. The maximum absolute atomic E-state index is 13.7. The van der Waals surface area contributed by atoms with Gasteiger partial charge in [-0.1, -0.05) is 26.8 Å². The second kappa shape index (κ2) is 8.76. The lowest BCUT2D eigenvalue weighted by atomic mass is 10.0. The molecule has 0 atom stereocenters. The fourth-order valence-corrected chi connectivity index (χ4v) is 3.63. The van der Waals surface area contributed by atoms with Gasteiger partial charge in [0.05, 0.1) is 17.6 Å². The Morgan fingerprint density at radius 1 is 1.14 bits per heavy atom. The fourth-order valence-electron chi connectivity index (χ4n) is 3.63. The quantitative estimate of drug-likeness (QED) is 0.530. The van der Waals surface area contributed by atoms with Gasteiger partial charge in [0.15, 0.2) is 0 Å². The number of aromatic nitrogens is 2. The van der Waals surface area contributed by atoms with Gasteiger partial charge in [0.25, 0.3) is 5.91 Å². The summed E-state index contributed by atoms with van der Waals surface area (Å²) in [6.07, 6.45) is 0.936. The van der Waals surface area contributed by atoms with Crippen molar-refractivity contribution < 1.29 is 9.18 Å². The van der Waals surface area contributed by atoms with E-state index in [1.807, 2.05) is 36.9 Å². The van der Waals surface area contributed by atoms with Crippen molar-refractivity contribution in [3.8, 4) is 0 Å². The molecule has 3 rings (SSSR count). The summed E-state index contributed by atoms with van der Waals surface area (Å²) in [5.74, 6) is 0.829. The molecular formula is C24H30FN3O. The van der Waals surface area contributed by atoms with E-state index in [-0.39, 0.29) is 11.7 Å². The maximum Gasteiger partial charge on any atom is 0.254 e. The second-order valence-corrected chi connectivity index (χ2v) is 8.19. The fraction of sp³-hybridized carbons (Fsp3) is 0.417. The Labute approximate surface area is 172 Å². The highest BCUT2D eigenvalue weighted by Gasteiger charge is 2.21. The van der Waals surface area contributed by atoms with Crippen LogP contribution in [0.5, 0.6) is 0 Å². The van der Waals surface area contributed by atoms with Crippen LogP contribution in [0.15, 0.2) is 36.4 Å². The first-order valence-corrected chi connectivity index (χ1v) is 10.3. The molecule has 0 radical (unpaired) electrons. The van der Waals surface area contributed by atoms with Gasteiger partial charge in [0.2, 0.25) is 0 Å². The third kappa shape index (κ3) is 4.66. The first kappa shape index (κ1) is 21.0. The van der Waals surface area contributed by atoms with Crippen LogP contribution >= 0.6 is 0 Å². The van der Waals surface area contributed by atoms with Gasteiger partial charge in [-0.3, -0.25) is 4.79 Å². The van der Waals surface area contributed by atoms with Crippen LogP contribution in [0, 0.1) is 25.6 Å². The number of carbonyl (C=O) groups excluding carboxylic acids is 1. The molecule has 0 saturated heterocycles. The summed E-state index contributed by atoms with van der Waals surface area (Å²) in [6, 6.07) is 10.5. The number of carbonyl (C=O) groups is 1. The number of hydrogen-bond donors (Lipinski definition) is 0. The van der Waals surface area contributed by atoms with E-state index in [1.54, 1.807) is 6.07 Å². The van der Waals surface area contributed by atoms with E-state index >= 15 is 0 Å². The average Bonchev–Trinajstić information content (AvgIpc) is 2.99. The number of imidazole rings is 1. The van der Waals surface area contributed by atoms with Crippen LogP contribution in [-0.4, -0.2) is 26.9 Å². The van der Waals surface area contributed by atoms with Gasteiger partial charge >= 0.3 is 0 Å². The Morgan fingerprint density at radius 2 is 1.90 bits per heavy atom. The molecule has 0 bridgehead atoms. The molecule has 154 valence electrons. The van der Waals surface area contributed by atoms with Crippen molar-refractivity contribution in [3.05, 3.63) is 64.7 Å². The number of amides is 1. The molecule has 1 aromatic heterocycles. The molecule has 1 amide bonds. The van der Waals surface area contributed by atoms with Gasteiger partial charge in [0, 0.05) is 24.7 Å². The Bertz CT molecular complexity index is 1020. The highest BCUT2D eigenvalue weighted by atomic mass is 19.1. The van der Waals surface area contributed by atoms with E-state index in [4.69, 9.17) is 0 Å². The highest BCUT2D eigenvalue weighted by Crippen LogP contribution is 2.21. The number of nitrogens with zero attached hydrogens (tertiary/aromatic N) is 3. The van der Waals surface area contributed by atoms with E-state index < -0.39 is 0 Å². The molecule has 0 fully saturated rings. The molecule has 0 saturated carbocycles. The largest absolute Gasteiger partial charge is 0.331 e. The number of benzene rings is 2. The minimum absolute atomic E-state index is 0.00286. The summed E-state index contributed by atoms with van der Waals surface area (Å²) in [5.41, 5.74) is 4.51. The van der Waals surface area contributed by atoms with Gasteiger partial charge in [-0.15, -0.1) is 0 Å². The standard InChI is InChI=1S/C24H30FN3O/c1-6-11-28-22-10-9-20(25)13-21(22)26-23(28)15-27(14-16(2)3)24(29)19-8-7-17(4)18(5)12-19/h7-10,12-13,16H,6,11,14-15H2,1-5H3. The zero-order valence-electron chi connectivity index (χ0n) is 18.0. The number of rotatable bonds is 7. The molecule has 0 aliphatic heterocycles. The van der Waals surface area contributed by atoms with Crippen LogP contribution in [0.2, 0.25) is 0 Å². The molecule has 0 aliphatic rings. The van der Waals surface area contributed by atoms with Crippen molar-refractivity contribution in [2.75, 3.05) is 6.54 Å². The number of aryl methyl sites for hydroxylation is 3. The molecule has 3 aromatic rings. The normalized spacial score (nSPS) is 11.4. The summed E-state index contributed by atoms with van der Waals surface area (Å²) >= 11 is 0. The van der Waals surface area contributed by atoms with Crippen molar-refractivity contribution in [3.63, 3.8) is 0 Å². The van der Waals surface area contributed by atoms with Crippen molar-refractivity contribution in [2.24, 2.45) is 5.92 Å². The van der Waals surface area contributed by atoms with Crippen LogP contribution in [0.3, 0.4) is 0 Å². The summed E-state index contributed by atoms with van der Waals surface area (Å²) in [5, 5.41) is 0. The topological polar surface area (TPSA) is 38.1 Å².